The lowest BCUT2D eigenvalue weighted by molar-refractivity contribution is -0.136. The molecule has 8 heteroatoms. The van der Waals surface area contributed by atoms with E-state index in [2.05, 4.69) is 25.9 Å². The van der Waals surface area contributed by atoms with Gasteiger partial charge in [-0.1, -0.05) is 12.1 Å². The molecule has 1 aromatic carbocycles. The van der Waals surface area contributed by atoms with E-state index in [1.807, 2.05) is 0 Å². The monoisotopic (exact) mass is 247 g/mol. The number of nitrogens with zero attached hydrogens (tertiary/aromatic N) is 3. The molecular formula is C10H9N5O3. The number of H-pyrrole nitrogens is 1. The highest BCUT2D eigenvalue weighted by molar-refractivity contribution is 6.01. The molecule has 0 spiro atoms. The number of hydrogen-bond donors (Lipinski definition) is 3. The number of rotatable bonds is 4. The molecule has 8 nitrogen and oxygen atoms in total. The molecule has 1 aromatic heterocycles. The van der Waals surface area contributed by atoms with Crippen molar-refractivity contribution < 1.29 is 14.7 Å². The number of aromatic nitrogens is 4. The number of aliphatic carboxylic acids is 1. The van der Waals surface area contributed by atoms with Crippen molar-refractivity contribution in [1.29, 1.82) is 0 Å². The lowest BCUT2D eigenvalue weighted by Crippen LogP contribution is -2.13. The number of carbonyl (C=O) groups excluding carboxylic acids is 1. The number of aromatic amines is 1. The van der Waals surface area contributed by atoms with Gasteiger partial charge in [0, 0.05) is 5.69 Å². The zero-order chi connectivity index (χ0) is 13.0. The van der Waals surface area contributed by atoms with E-state index in [0.717, 1.165) is 0 Å². The van der Waals surface area contributed by atoms with Gasteiger partial charge in [0.05, 0.1) is 6.42 Å². The number of amides is 1. The molecule has 1 amide bonds. The molecule has 0 atom stereocenters. The zero-order valence-electron chi connectivity index (χ0n) is 9.12. The van der Waals surface area contributed by atoms with E-state index in [1.165, 1.54) is 0 Å². The summed E-state index contributed by atoms with van der Waals surface area (Å²) in [6, 6.07) is 6.46. The highest BCUT2D eigenvalue weighted by atomic mass is 16.4. The number of carbonyl (C=O) groups is 2. The van der Waals surface area contributed by atoms with Gasteiger partial charge in [0.2, 0.25) is 0 Å². The Morgan fingerprint density at radius 1 is 1.28 bits per heavy atom. The Bertz CT molecular complexity index is 549. The summed E-state index contributed by atoms with van der Waals surface area (Å²) in [5.74, 6) is -1.46. The number of tetrazole rings is 1. The molecule has 92 valence electrons. The second kappa shape index (κ2) is 5.04. The summed E-state index contributed by atoms with van der Waals surface area (Å²) in [7, 11) is 0. The summed E-state index contributed by atoms with van der Waals surface area (Å²) >= 11 is 0. The van der Waals surface area contributed by atoms with Gasteiger partial charge in [-0.05, 0) is 22.9 Å². The fraction of sp³-hybridized carbons (Fsp3) is 0.100. The topological polar surface area (TPSA) is 121 Å². The molecule has 0 radical (unpaired) electrons. The van der Waals surface area contributed by atoms with E-state index >= 15 is 0 Å². The second-order valence-corrected chi connectivity index (χ2v) is 3.46. The van der Waals surface area contributed by atoms with Gasteiger partial charge < -0.3 is 10.4 Å². The molecule has 0 unspecified atom stereocenters. The summed E-state index contributed by atoms with van der Waals surface area (Å²) < 4.78 is 0. The molecule has 18 heavy (non-hydrogen) atoms. The molecule has 0 aliphatic heterocycles. The van der Waals surface area contributed by atoms with Gasteiger partial charge in [-0.15, -0.1) is 10.2 Å². The van der Waals surface area contributed by atoms with Crippen LogP contribution in [0.3, 0.4) is 0 Å². The van der Waals surface area contributed by atoms with Crippen molar-refractivity contribution in [1.82, 2.24) is 20.6 Å². The highest BCUT2D eigenvalue weighted by Crippen LogP contribution is 2.10. The summed E-state index contributed by atoms with van der Waals surface area (Å²) in [5, 5.41) is 23.7. The fourth-order valence-electron chi connectivity index (χ4n) is 1.33. The minimum absolute atomic E-state index is 0.0565. The van der Waals surface area contributed by atoms with E-state index in [0.29, 0.717) is 11.3 Å². The molecule has 0 fully saturated rings. The van der Waals surface area contributed by atoms with E-state index in [1.54, 1.807) is 24.3 Å². The number of carboxylic acid groups (broad SMARTS) is 1. The van der Waals surface area contributed by atoms with Crippen molar-refractivity contribution in [3.8, 4) is 0 Å². The smallest absolute Gasteiger partial charge is 0.307 e. The van der Waals surface area contributed by atoms with Crippen LogP contribution in [0.4, 0.5) is 5.69 Å². The fourth-order valence-corrected chi connectivity index (χ4v) is 1.33. The van der Waals surface area contributed by atoms with Crippen LogP contribution >= 0.6 is 0 Å². The molecule has 0 saturated carbocycles. The van der Waals surface area contributed by atoms with Gasteiger partial charge in [-0.2, -0.15) is 5.21 Å². The molecule has 0 saturated heterocycles. The van der Waals surface area contributed by atoms with Crippen LogP contribution in [0.1, 0.15) is 16.2 Å². The summed E-state index contributed by atoms with van der Waals surface area (Å²) in [6.07, 6.45) is -0.0565. The first kappa shape index (κ1) is 11.7. The molecule has 2 rings (SSSR count). The minimum Gasteiger partial charge on any atom is -0.481 e. The molecule has 1 heterocycles. The Kier molecular flexibility index (Phi) is 3.28. The summed E-state index contributed by atoms with van der Waals surface area (Å²) in [4.78, 5) is 22.0. The van der Waals surface area contributed by atoms with Crippen LogP contribution < -0.4 is 5.32 Å². The second-order valence-electron chi connectivity index (χ2n) is 3.46. The van der Waals surface area contributed by atoms with Gasteiger partial charge in [0.25, 0.3) is 11.7 Å². The third-order valence-corrected chi connectivity index (χ3v) is 2.12. The van der Waals surface area contributed by atoms with Gasteiger partial charge in [0.15, 0.2) is 0 Å². The molecule has 0 bridgehead atoms. The van der Waals surface area contributed by atoms with Crippen molar-refractivity contribution in [3.05, 3.63) is 35.7 Å². The maximum Gasteiger partial charge on any atom is 0.307 e. The van der Waals surface area contributed by atoms with E-state index in [-0.39, 0.29) is 12.2 Å². The average molecular weight is 247 g/mol. The molecular weight excluding hydrogens is 238 g/mol. The summed E-state index contributed by atoms with van der Waals surface area (Å²) in [5.41, 5.74) is 1.18. The first-order valence-electron chi connectivity index (χ1n) is 5.00. The third kappa shape index (κ3) is 2.88. The van der Waals surface area contributed by atoms with Gasteiger partial charge in [-0.3, -0.25) is 9.59 Å². The summed E-state index contributed by atoms with van der Waals surface area (Å²) in [6.45, 7) is 0. The standard InChI is InChI=1S/C10H9N5O3/c16-8(17)5-6-1-3-7(4-2-6)11-10(18)9-12-14-15-13-9/h1-4H,5H2,(H,11,18)(H,16,17)(H,12,13,14,15). The number of anilines is 1. The number of hydrogen-bond acceptors (Lipinski definition) is 5. The largest absolute Gasteiger partial charge is 0.481 e. The van der Waals surface area contributed by atoms with Crippen LogP contribution in [0.5, 0.6) is 0 Å². The first-order chi connectivity index (χ1) is 8.65. The lowest BCUT2D eigenvalue weighted by Gasteiger charge is -2.03. The zero-order valence-corrected chi connectivity index (χ0v) is 9.12. The molecule has 2 aromatic rings. The maximum absolute atomic E-state index is 11.5. The van der Waals surface area contributed by atoms with E-state index in [4.69, 9.17) is 5.11 Å². The normalized spacial score (nSPS) is 10.0. The Hall–Kier alpha value is -2.77. The average Bonchev–Trinajstić information content (AvgIpc) is 2.84. The predicted octanol–water partition coefficient (Wildman–Crippen LogP) is 0.0791. The Morgan fingerprint density at radius 3 is 2.56 bits per heavy atom. The van der Waals surface area contributed by atoms with Crippen molar-refractivity contribution >= 4 is 17.6 Å². The first-order valence-corrected chi connectivity index (χ1v) is 5.00. The van der Waals surface area contributed by atoms with Crippen LogP contribution in [0.2, 0.25) is 0 Å². The Balaban J connectivity index is 2.02. The third-order valence-electron chi connectivity index (χ3n) is 2.12. The number of nitrogens with one attached hydrogen (secondary N) is 2. The van der Waals surface area contributed by atoms with E-state index < -0.39 is 11.9 Å². The lowest BCUT2D eigenvalue weighted by atomic mass is 10.1. The van der Waals surface area contributed by atoms with Crippen molar-refractivity contribution in [3.63, 3.8) is 0 Å². The van der Waals surface area contributed by atoms with Crippen LogP contribution in [-0.4, -0.2) is 37.6 Å². The minimum atomic E-state index is -0.904. The van der Waals surface area contributed by atoms with Crippen LogP contribution in [0.25, 0.3) is 0 Å². The van der Waals surface area contributed by atoms with Crippen molar-refractivity contribution in [2.24, 2.45) is 0 Å². The van der Waals surface area contributed by atoms with Crippen molar-refractivity contribution in [2.45, 2.75) is 6.42 Å². The highest BCUT2D eigenvalue weighted by Gasteiger charge is 2.10. The van der Waals surface area contributed by atoms with Crippen LogP contribution in [0.15, 0.2) is 24.3 Å². The van der Waals surface area contributed by atoms with Crippen LogP contribution in [-0.2, 0) is 11.2 Å². The predicted molar refractivity (Wildman–Crippen MR) is 59.9 cm³/mol. The quantitative estimate of drug-likeness (QED) is 0.703. The Labute approximate surface area is 101 Å². The van der Waals surface area contributed by atoms with E-state index in [9.17, 15) is 9.59 Å². The van der Waals surface area contributed by atoms with Crippen molar-refractivity contribution in [2.75, 3.05) is 5.32 Å². The molecule has 0 aliphatic carbocycles. The van der Waals surface area contributed by atoms with Gasteiger partial charge in [-0.25, -0.2) is 0 Å². The Morgan fingerprint density at radius 2 is 2.00 bits per heavy atom. The van der Waals surface area contributed by atoms with Gasteiger partial charge in [0.1, 0.15) is 0 Å². The molecule has 0 aliphatic rings. The SMILES string of the molecule is O=C(O)Cc1ccc(NC(=O)c2nn[nH]n2)cc1. The number of carboxylic acids is 1. The number of benzene rings is 1. The molecule has 3 N–H and O–H groups in total. The van der Waals surface area contributed by atoms with Gasteiger partial charge >= 0.3 is 5.97 Å². The maximum atomic E-state index is 11.5. The van der Waals surface area contributed by atoms with Crippen LogP contribution in [0, 0.1) is 0 Å².